The number of nitrogens with one attached hydrogen (secondary N) is 1. The SMILES string of the molecule is CC1(C)C(Nc2cccc(Br)c2C(N)=S)C1(C)C. The Balaban J connectivity index is 2.32. The second-order valence-corrected chi connectivity index (χ2v) is 7.34. The Morgan fingerprint density at radius 2 is 1.83 bits per heavy atom. The van der Waals surface area contributed by atoms with Crippen LogP contribution in [0.5, 0.6) is 0 Å². The lowest BCUT2D eigenvalue weighted by molar-refractivity contribution is 0.457. The third-order valence-electron chi connectivity index (χ3n) is 4.58. The van der Waals surface area contributed by atoms with Crippen molar-refractivity contribution >= 4 is 38.8 Å². The fourth-order valence-electron chi connectivity index (χ4n) is 2.61. The molecule has 4 heteroatoms. The summed E-state index contributed by atoms with van der Waals surface area (Å²) >= 11 is 8.64. The Morgan fingerprint density at radius 1 is 1.28 bits per heavy atom. The van der Waals surface area contributed by atoms with Crippen molar-refractivity contribution in [1.82, 2.24) is 0 Å². The molecule has 1 aromatic rings. The highest BCUT2D eigenvalue weighted by molar-refractivity contribution is 9.10. The van der Waals surface area contributed by atoms with Gasteiger partial charge in [0.05, 0.1) is 0 Å². The van der Waals surface area contributed by atoms with E-state index < -0.39 is 0 Å². The molecule has 0 atom stereocenters. The number of rotatable bonds is 3. The molecule has 0 unspecified atom stereocenters. The number of anilines is 1. The van der Waals surface area contributed by atoms with Gasteiger partial charge >= 0.3 is 0 Å². The van der Waals surface area contributed by atoms with Gasteiger partial charge in [-0.3, -0.25) is 0 Å². The lowest BCUT2D eigenvalue weighted by atomic mass is 10.0. The quantitative estimate of drug-likeness (QED) is 0.826. The number of nitrogens with two attached hydrogens (primary N) is 1. The van der Waals surface area contributed by atoms with Crippen molar-refractivity contribution in [3.63, 3.8) is 0 Å². The largest absolute Gasteiger partial charge is 0.389 e. The topological polar surface area (TPSA) is 38.0 Å². The fraction of sp³-hybridized carbons (Fsp3) is 0.500. The van der Waals surface area contributed by atoms with Crippen molar-refractivity contribution in [2.45, 2.75) is 33.7 Å². The number of thiocarbonyl (C=S) groups is 1. The molecule has 3 N–H and O–H groups in total. The van der Waals surface area contributed by atoms with Crippen LogP contribution < -0.4 is 11.1 Å². The molecule has 0 amide bonds. The monoisotopic (exact) mass is 326 g/mol. The van der Waals surface area contributed by atoms with Gasteiger partial charge in [-0.2, -0.15) is 0 Å². The van der Waals surface area contributed by atoms with Crippen LogP contribution in [0.25, 0.3) is 0 Å². The molecule has 1 fully saturated rings. The van der Waals surface area contributed by atoms with Crippen LogP contribution in [-0.2, 0) is 0 Å². The molecule has 0 bridgehead atoms. The van der Waals surface area contributed by atoms with Crippen molar-refractivity contribution in [3.05, 3.63) is 28.2 Å². The summed E-state index contributed by atoms with van der Waals surface area (Å²) < 4.78 is 0.941. The van der Waals surface area contributed by atoms with Crippen LogP contribution in [0.1, 0.15) is 33.3 Å². The van der Waals surface area contributed by atoms with Crippen LogP contribution in [0.15, 0.2) is 22.7 Å². The molecule has 1 saturated carbocycles. The normalized spacial score (nSPS) is 20.5. The number of halogens is 1. The van der Waals surface area contributed by atoms with Gasteiger partial charge in [0.2, 0.25) is 0 Å². The second kappa shape index (κ2) is 4.20. The van der Waals surface area contributed by atoms with Crippen molar-refractivity contribution in [2.75, 3.05) is 5.32 Å². The highest BCUT2D eigenvalue weighted by Crippen LogP contribution is 2.63. The maximum atomic E-state index is 5.81. The summed E-state index contributed by atoms with van der Waals surface area (Å²) in [5, 5.41) is 3.59. The van der Waals surface area contributed by atoms with Crippen LogP contribution in [0, 0.1) is 10.8 Å². The summed E-state index contributed by atoms with van der Waals surface area (Å²) in [6.07, 6.45) is 0. The van der Waals surface area contributed by atoms with E-state index >= 15 is 0 Å². The summed E-state index contributed by atoms with van der Waals surface area (Å²) in [4.78, 5) is 0.418. The molecular formula is C14H19BrN2S. The first-order chi connectivity index (χ1) is 8.19. The molecular weight excluding hydrogens is 308 g/mol. The van der Waals surface area contributed by atoms with Gasteiger partial charge in [0, 0.05) is 21.8 Å². The average Bonchev–Trinajstić information content (AvgIpc) is 2.60. The number of hydrogen-bond acceptors (Lipinski definition) is 2. The Hall–Kier alpha value is -0.610. The van der Waals surface area contributed by atoms with Crippen LogP contribution >= 0.6 is 28.1 Å². The molecule has 18 heavy (non-hydrogen) atoms. The summed E-state index contributed by atoms with van der Waals surface area (Å²) in [5.41, 5.74) is 8.28. The standard InChI is InChI=1S/C14H19BrN2S/c1-13(2)12(14(13,3)4)17-9-7-5-6-8(15)10(9)11(16)18/h5-7,12,17H,1-4H3,(H2,16,18). The Labute approximate surface area is 122 Å². The molecule has 0 radical (unpaired) electrons. The minimum atomic E-state index is 0.281. The molecule has 0 aliphatic heterocycles. The maximum absolute atomic E-state index is 5.81. The molecule has 98 valence electrons. The third kappa shape index (κ3) is 1.95. The van der Waals surface area contributed by atoms with Crippen LogP contribution in [0.4, 0.5) is 5.69 Å². The van der Waals surface area contributed by atoms with Gasteiger partial charge in [0.1, 0.15) is 4.99 Å². The molecule has 0 aromatic heterocycles. The van der Waals surface area contributed by atoms with Crippen LogP contribution in [0.3, 0.4) is 0 Å². The van der Waals surface area contributed by atoms with Crippen LogP contribution in [-0.4, -0.2) is 11.0 Å². The minimum Gasteiger partial charge on any atom is -0.389 e. The van der Waals surface area contributed by atoms with Crippen molar-refractivity contribution in [1.29, 1.82) is 0 Å². The Kier molecular flexibility index (Phi) is 3.23. The minimum absolute atomic E-state index is 0.281. The molecule has 1 aliphatic carbocycles. The molecule has 1 aliphatic rings. The first kappa shape index (κ1) is 13.8. The van der Waals surface area contributed by atoms with Gasteiger partial charge < -0.3 is 11.1 Å². The van der Waals surface area contributed by atoms with E-state index in [1.165, 1.54) is 0 Å². The van der Waals surface area contributed by atoms with E-state index in [0.717, 1.165) is 15.7 Å². The first-order valence-corrected chi connectivity index (χ1v) is 7.24. The zero-order valence-electron chi connectivity index (χ0n) is 11.2. The van der Waals surface area contributed by atoms with Gasteiger partial charge in [-0.15, -0.1) is 0 Å². The zero-order chi connectivity index (χ0) is 13.7. The molecule has 2 nitrogen and oxygen atoms in total. The van der Waals surface area contributed by atoms with E-state index in [9.17, 15) is 0 Å². The maximum Gasteiger partial charge on any atom is 0.107 e. The third-order valence-corrected chi connectivity index (χ3v) is 5.45. The summed E-state index contributed by atoms with van der Waals surface area (Å²) in [5.74, 6) is 0. The molecule has 2 rings (SSSR count). The highest BCUT2D eigenvalue weighted by atomic mass is 79.9. The van der Waals surface area contributed by atoms with E-state index in [1.807, 2.05) is 18.2 Å². The molecule has 0 spiro atoms. The van der Waals surface area contributed by atoms with E-state index in [4.69, 9.17) is 18.0 Å². The summed E-state index contributed by atoms with van der Waals surface area (Å²) in [6, 6.07) is 6.43. The molecule has 0 saturated heterocycles. The predicted molar refractivity (Wildman–Crippen MR) is 85.0 cm³/mol. The van der Waals surface area contributed by atoms with Crippen LogP contribution in [0.2, 0.25) is 0 Å². The van der Waals surface area contributed by atoms with Gasteiger partial charge in [-0.25, -0.2) is 0 Å². The van der Waals surface area contributed by atoms with Crippen molar-refractivity contribution in [2.24, 2.45) is 16.6 Å². The second-order valence-electron chi connectivity index (χ2n) is 6.05. The smallest absolute Gasteiger partial charge is 0.107 e. The van der Waals surface area contributed by atoms with Gasteiger partial charge in [-0.1, -0.05) is 46.0 Å². The predicted octanol–water partition coefficient (Wildman–Crippen LogP) is 3.93. The van der Waals surface area contributed by atoms with E-state index in [-0.39, 0.29) is 10.8 Å². The summed E-state index contributed by atoms with van der Waals surface area (Å²) in [6.45, 7) is 9.12. The Morgan fingerprint density at radius 3 is 2.28 bits per heavy atom. The lowest BCUT2D eigenvalue weighted by Crippen LogP contribution is -2.17. The fourth-order valence-corrected chi connectivity index (χ4v) is 3.54. The van der Waals surface area contributed by atoms with E-state index in [1.54, 1.807) is 0 Å². The van der Waals surface area contributed by atoms with Gasteiger partial charge in [-0.05, 0) is 38.9 Å². The first-order valence-electron chi connectivity index (χ1n) is 6.04. The lowest BCUT2D eigenvalue weighted by Gasteiger charge is -2.14. The Bertz CT molecular complexity index is 495. The van der Waals surface area contributed by atoms with E-state index in [2.05, 4.69) is 48.9 Å². The van der Waals surface area contributed by atoms with E-state index in [0.29, 0.717) is 11.0 Å². The molecule has 0 heterocycles. The van der Waals surface area contributed by atoms with Crippen molar-refractivity contribution in [3.8, 4) is 0 Å². The van der Waals surface area contributed by atoms with Gasteiger partial charge in [0.15, 0.2) is 0 Å². The molecule has 1 aromatic carbocycles. The highest BCUT2D eigenvalue weighted by Gasteiger charge is 2.65. The number of hydrogen-bond donors (Lipinski definition) is 2. The van der Waals surface area contributed by atoms with Crippen molar-refractivity contribution < 1.29 is 0 Å². The summed E-state index contributed by atoms with van der Waals surface area (Å²) in [7, 11) is 0. The number of benzene rings is 1. The average molecular weight is 327 g/mol. The van der Waals surface area contributed by atoms with Gasteiger partial charge in [0.25, 0.3) is 0 Å². The zero-order valence-corrected chi connectivity index (χ0v) is 13.6.